The van der Waals surface area contributed by atoms with E-state index in [0.29, 0.717) is 19.5 Å². The highest BCUT2D eigenvalue weighted by molar-refractivity contribution is 5.67. The van der Waals surface area contributed by atoms with Crippen LogP contribution in [0.15, 0.2) is 12.7 Å². The Morgan fingerprint density at radius 3 is 3.07 bits per heavy atom. The molecule has 1 aliphatic heterocycles. The van der Waals surface area contributed by atoms with E-state index in [1.165, 1.54) is 4.90 Å². The third kappa shape index (κ3) is 3.61. The lowest BCUT2D eigenvalue weighted by atomic mass is 10.1. The van der Waals surface area contributed by atoms with Gasteiger partial charge in [0.25, 0.3) is 0 Å². The lowest BCUT2D eigenvalue weighted by Gasteiger charge is -2.31. The molecule has 0 saturated carbocycles. The normalized spacial score (nSPS) is 20.5. The highest BCUT2D eigenvalue weighted by Crippen LogP contribution is 2.16. The third-order valence-electron chi connectivity index (χ3n) is 2.26. The highest BCUT2D eigenvalue weighted by atomic mass is 16.6. The Morgan fingerprint density at radius 2 is 2.40 bits per heavy atom. The van der Waals surface area contributed by atoms with Gasteiger partial charge in [-0.05, 0) is 12.8 Å². The van der Waals surface area contributed by atoms with E-state index < -0.39 is 12.3 Å². The van der Waals surface area contributed by atoms with Crippen LogP contribution in [-0.2, 0) is 9.53 Å². The monoisotopic (exact) mass is 212 g/mol. The van der Waals surface area contributed by atoms with Gasteiger partial charge in [-0.3, -0.25) is 4.79 Å². The van der Waals surface area contributed by atoms with Gasteiger partial charge >= 0.3 is 6.09 Å². The number of nitrogens with zero attached hydrogens (tertiary/aromatic N) is 1. The van der Waals surface area contributed by atoms with E-state index in [0.717, 1.165) is 19.3 Å². The number of hydrogen-bond donors (Lipinski definition) is 1. The average molecular weight is 212 g/mol. The zero-order chi connectivity index (χ0) is 11.1. The van der Waals surface area contributed by atoms with Gasteiger partial charge in [0.05, 0.1) is 0 Å². The van der Waals surface area contributed by atoms with Gasteiger partial charge in [-0.2, -0.15) is 0 Å². The summed E-state index contributed by atoms with van der Waals surface area (Å²) in [6.45, 7) is 4.50. The minimum absolute atomic E-state index is 0.368. The maximum atomic E-state index is 11.2. The molecule has 0 radical (unpaired) electrons. The summed E-state index contributed by atoms with van der Waals surface area (Å²) in [6.07, 6.45) is 4.02. The van der Waals surface area contributed by atoms with Crippen molar-refractivity contribution in [2.75, 3.05) is 13.1 Å². The van der Waals surface area contributed by atoms with Gasteiger partial charge in [-0.25, -0.2) is 4.79 Å². The van der Waals surface area contributed by atoms with Crippen molar-refractivity contribution in [3.63, 3.8) is 0 Å². The molecule has 0 aromatic rings. The van der Waals surface area contributed by atoms with Gasteiger partial charge in [0.15, 0.2) is 6.23 Å². The van der Waals surface area contributed by atoms with Gasteiger partial charge in [0.2, 0.25) is 6.41 Å². The van der Waals surface area contributed by atoms with Crippen molar-refractivity contribution in [2.24, 2.45) is 0 Å². The van der Waals surface area contributed by atoms with E-state index in [1.807, 2.05) is 0 Å². The molecule has 1 aliphatic rings. The molecule has 1 saturated heterocycles. The molecule has 5 nitrogen and oxygen atoms in total. The minimum atomic E-state index is -0.506. The van der Waals surface area contributed by atoms with Crippen molar-refractivity contribution >= 4 is 12.5 Å². The second kappa shape index (κ2) is 6.06. The second-order valence-corrected chi connectivity index (χ2v) is 3.37. The Morgan fingerprint density at radius 1 is 1.60 bits per heavy atom. The van der Waals surface area contributed by atoms with Crippen molar-refractivity contribution in [3.8, 4) is 0 Å². The first kappa shape index (κ1) is 11.6. The Kier molecular flexibility index (Phi) is 4.66. The number of ether oxygens (including phenoxy) is 1. The van der Waals surface area contributed by atoms with Crippen LogP contribution < -0.4 is 5.32 Å². The number of piperidine rings is 1. The molecular formula is C10H16N2O3. The predicted octanol–water partition coefficient (Wildman–Crippen LogP) is 0.867. The van der Waals surface area contributed by atoms with Crippen molar-refractivity contribution in [1.82, 2.24) is 10.2 Å². The molecule has 15 heavy (non-hydrogen) atoms. The molecule has 0 aromatic carbocycles. The maximum Gasteiger partial charge on any atom is 0.409 e. The summed E-state index contributed by atoms with van der Waals surface area (Å²) in [6, 6.07) is 0. The lowest BCUT2D eigenvalue weighted by molar-refractivity contribution is -0.130. The molecule has 1 N–H and O–H groups in total. The van der Waals surface area contributed by atoms with Crippen molar-refractivity contribution in [2.45, 2.75) is 25.5 Å². The maximum absolute atomic E-state index is 11.2. The molecule has 1 atom stereocenters. The van der Waals surface area contributed by atoms with E-state index in [4.69, 9.17) is 4.74 Å². The standard InChI is InChI=1S/C10H16N2O3/c1-2-6-11-10(14)15-9-5-3-4-7-12(9)8-13/h2,8-9H,1,3-7H2,(H,11,14). The summed E-state index contributed by atoms with van der Waals surface area (Å²) < 4.78 is 5.09. The number of alkyl carbamates (subject to hydrolysis) is 1. The first-order valence-corrected chi connectivity index (χ1v) is 5.04. The second-order valence-electron chi connectivity index (χ2n) is 3.37. The third-order valence-corrected chi connectivity index (χ3v) is 2.26. The number of rotatable bonds is 4. The summed E-state index contributed by atoms with van der Waals surface area (Å²) in [5.41, 5.74) is 0. The topological polar surface area (TPSA) is 58.6 Å². The fourth-order valence-electron chi connectivity index (χ4n) is 1.49. The minimum Gasteiger partial charge on any atom is -0.425 e. The summed E-state index contributed by atoms with van der Waals surface area (Å²) >= 11 is 0. The Labute approximate surface area is 89.1 Å². The van der Waals surface area contributed by atoms with Gasteiger partial charge in [-0.15, -0.1) is 6.58 Å². The largest absolute Gasteiger partial charge is 0.425 e. The molecule has 1 heterocycles. The van der Waals surface area contributed by atoms with Crippen molar-refractivity contribution in [3.05, 3.63) is 12.7 Å². The van der Waals surface area contributed by atoms with Crippen LogP contribution in [0.5, 0.6) is 0 Å². The summed E-state index contributed by atoms with van der Waals surface area (Å²) in [4.78, 5) is 23.4. The van der Waals surface area contributed by atoms with E-state index >= 15 is 0 Å². The van der Waals surface area contributed by atoms with E-state index in [2.05, 4.69) is 11.9 Å². The van der Waals surface area contributed by atoms with Crippen molar-refractivity contribution < 1.29 is 14.3 Å². The molecule has 0 spiro atoms. The summed E-state index contributed by atoms with van der Waals surface area (Å²) in [5.74, 6) is 0. The van der Waals surface area contributed by atoms with Crippen LogP contribution in [-0.4, -0.2) is 36.7 Å². The van der Waals surface area contributed by atoms with Crippen LogP contribution in [0, 0.1) is 0 Å². The number of nitrogens with one attached hydrogen (secondary N) is 1. The Bertz CT molecular complexity index is 243. The zero-order valence-electron chi connectivity index (χ0n) is 8.65. The van der Waals surface area contributed by atoms with Crippen LogP contribution in [0.3, 0.4) is 0 Å². The molecule has 84 valence electrons. The van der Waals surface area contributed by atoms with Crippen LogP contribution in [0.25, 0.3) is 0 Å². The highest BCUT2D eigenvalue weighted by Gasteiger charge is 2.23. The SMILES string of the molecule is C=CCNC(=O)OC1CCCCN1C=O. The molecule has 1 unspecified atom stereocenters. The molecule has 1 fully saturated rings. The Hall–Kier alpha value is -1.52. The van der Waals surface area contributed by atoms with Crippen LogP contribution >= 0.6 is 0 Å². The van der Waals surface area contributed by atoms with Gasteiger partial charge in [-0.1, -0.05) is 6.08 Å². The number of amides is 2. The molecule has 0 aromatic heterocycles. The number of carbonyl (C=O) groups is 2. The van der Waals surface area contributed by atoms with Crippen LogP contribution in [0.4, 0.5) is 4.79 Å². The zero-order valence-corrected chi connectivity index (χ0v) is 8.65. The van der Waals surface area contributed by atoms with E-state index in [1.54, 1.807) is 6.08 Å². The first-order valence-electron chi connectivity index (χ1n) is 5.04. The summed E-state index contributed by atoms with van der Waals surface area (Å²) in [7, 11) is 0. The Balaban J connectivity index is 2.37. The first-order chi connectivity index (χ1) is 7.27. The average Bonchev–Trinajstić information content (AvgIpc) is 2.27. The quantitative estimate of drug-likeness (QED) is 0.555. The fourth-order valence-corrected chi connectivity index (χ4v) is 1.49. The molecule has 0 aliphatic carbocycles. The number of carbonyl (C=O) groups excluding carboxylic acids is 2. The van der Waals surface area contributed by atoms with Crippen LogP contribution in [0.1, 0.15) is 19.3 Å². The van der Waals surface area contributed by atoms with Crippen molar-refractivity contribution in [1.29, 1.82) is 0 Å². The predicted molar refractivity (Wildman–Crippen MR) is 55.1 cm³/mol. The number of likely N-dealkylation sites (tertiary alicyclic amines) is 1. The van der Waals surface area contributed by atoms with E-state index in [-0.39, 0.29) is 0 Å². The smallest absolute Gasteiger partial charge is 0.409 e. The molecule has 0 bridgehead atoms. The molecule has 5 heteroatoms. The van der Waals surface area contributed by atoms with Crippen LogP contribution in [0.2, 0.25) is 0 Å². The van der Waals surface area contributed by atoms with E-state index in [9.17, 15) is 9.59 Å². The number of hydrogen-bond acceptors (Lipinski definition) is 3. The molecule has 1 rings (SSSR count). The van der Waals surface area contributed by atoms with Gasteiger partial charge in [0, 0.05) is 19.5 Å². The van der Waals surface area contributed by atoms with Gasteiger partial charge in [0.1, 0.15) is 0 Å². The molecular weight excluding hydrogens is 196 g/mol. The van der Waals surface area contributed by atoms with Gasteiger partial charge < -0.3 is 15.0 Å². The lowest BCUT2D eigenvalue weighted by Crippen LogP contribution is -2.43. The summed E-state index contributed by atoms with van der Waals surface area (Å²) in [5, 5.41) is 2.50. The molecule has 2 amide bonds. The fraction of sp³-hybridized carbons (Fsp3) is 0.600.